The first-order valence-corrected chi connectivity index (χ1v) is 12.4. The second-order valence-corrected chi connectivity index (χ2v) is 11.7. The lowest BCUT2D eigenvalue weighted by Crippen LogP contribution is -2.45. The Kier molecular flexibility index (Phi) is 6.30. The van der Waals surface area contributed by atoms with Crippen LogP contribution in [0.15, 0.2) is 24.3 Å². The molecule has 0 radical (unpaired) electrons. The lowest BCUT2D eigenvalue weighted by molar-refractivity contribution is 0.0232. The summed E-state index contributed by atoms with van der Waals surface area (Å²) in [6, 6.07) is 9.10. The zero-order chi connectivity index (χ0) is 20.5. The molecule has 1 aromatic carbocycles. The molecular weight excluding hydrogens is 352 g/mol. The fraction of sp³-hybridized carbons (Fsp3) is 0.778. The number of hydrogen-bond donors (Lipinski definition) is 0. The standard InChI is InChI=1S/C27H44N2/c1-22-5-7-25(8-6-22)29-17-11-23(12-18-29)21-28-19-15-27(16-20-28)13-9-24(10-14-27)26(2,3)4/h5-8,23-24H,9-21H2,1-4H3. The number of benzene rings is 1. The van der Waals surface area contributed by atoms with Gasteiger partial charge < -0.3 is 9.80 Å². The average molecular weight is 397 g/mol. The Morgan fingerprint density at radius 2 is 1.41 bits per heavy atom. The van der Waals surface area contributed by atoms with E-state index in [4.69, 9.17) is 0 Å². The van der Waals surface area contributed by atoms with E-state index in [2.05, 4.69) is 61.8 Å². The van der Waals surface area contributed by atoms with Crippen LogP contribution in [-0.2, 0) is 0 Å². The highest BCUT2D eigenvalue weighted by Gasteiger charge is 2.40. The van der Waals surface area contributed by atoms with Crippen molar-refractivity contribution in [2.75, 3.05) is 37.6 Å². The molecule has 0 amide bonds. The van der Waals surface area contributed by atoms with Crippen LogP contribution in [0.5, 0.6) is 0 Å². The van der Waals surface area contributed by atoms with E-state index in [1.54, 1.807) is 0 Å². The van der Waals surface area contributed by atoms with Crippen molar-refractivity contribution < 1.29 is 0 Å². The zero-order valence-electron chi connectivity index (χ0n) is 19.6. The Balaban J connectivity index is 1.20. The molecule has 0 atom stereocenters. The van der Waals surface area contributed by atoms with Gasteiger partial charge in [-0.2, -0.15) is 0 Å². The van der Waals surface area contributed by atoms with Crippen molar-refractivity contribution in [1.29, 1.82) is 0 Å². The van der Waals surface area contributed by atoms with Gasteiger partial charge in [0.05, 0.1) is 0 Å². The van der Waals surface area contributed by atoms with Crippen LogP contribution in [-0.4, -0.2) is 37.6 Å². The van der Waals surface area contributed by atoms with E-state index in [0.29, 0.717) is 10.8 Å². The Morgan fingerprint density at radius 1 is 0.828 bits per heavy atom. The lowest BCUT2D eigenvalue weighted by atomic mass is 9.61. The average Bonchev–Trinajstić information content (AvgIpc) is 2.71. The van der Waals surface area contributed by atoms with Crippen molar-refractivity contribution in [2.24, 2.45) is 22.7 Å². The van der Waals surface area contributed by atoms with Crippen LogP contribution in [0.1, 0.15) is 77.7 Å². The molecule has 1 aromatic rings. The van der Waals surface area contributed by atoms with E-state index < -0.39 is 0 Å². The Hall–Kier alpha value is -1.02. The van der Waals surface area contributed by atoms with Crippen molar-refractivity contribution in [2.45, 2.75) is 79.1 Å². The minimum Gasteiger partial charge on any atom is -0.372 e. The highest BCUT2D eigenvalue weighted by atomic mass is 15.2. The number of nitrogens with zero attached hydrogens (tertiary/aromatic N) is 2. The van der Waals surface area contributed by atoms with Gasteiger partial charge in [0.2, 0.25) is 0 Å². The largest absolute Gasteiger partial charge is 0.372 e. The topological polar surface area (TPSA) is 6.48 Å². The highest BCUT2D eigenvalue weighted by molar-refractivity contribution is 5.47. The molecule has 1 spiro atoms. The van der Waals surface area contributed by atoms with Crippen molar-refractivity contribution in [3.05, 3.63) is 29.8 Å². The molecule has 0 N–H and O–H groups in total. The van der Waals surface area contributed by atoms with E-state index in [-0.39, 0.29) is 0 Å². The van der Waals surface area contributed by atoms with Crippen molar-refractivity contribution in [3.8, 4) is 0 Å². The molecule has 4 rings (SSSR count). The maximum Gasteiger partial charge on any atom is 0.0366 e. The van der Waals surface area contributed by atoms with Gasteiger partial charge in [-0.3, -0.25) is 0 Å². The molecule has 2 nitrogen and oxygen atoms in total. The summed E-state index contributed by atoms with van der Waals surface area (Å²) in [7, 11) is 0. The van der Waals surface area contributed by atoms with Crippen molar-refractivity contribution >= 4 is 5.69 Å². The SMILES string of the molecule is Cc1ccc(N2CCC(CN3CCC4(CCC(C(C)(C)C)CC4)CC3)CC2)cc1. The third kappa shape index (κ3) is 5.19. The fourth-order valence-corrected chi connectivity index (χ4v) is 6.30. The number of hydrogen-bond acceptors (Lipinski definition) is 2. The highest BCUT2D eigenvalue weighted by Crippen LogP contribution is 2.50. The Morgan fingerprint density at radius 3 is 1.97 bits per heavy atom. The lowest BCUT2D eigenvalue weighted by Gasteiger charge is -2.49. The van der Waals surface area contributed by atoms with Gasteiger partial charge in [-0.25, -0.2) is 0 Å². The number of piperidine rings is 2. The van der Waals surface area contributed by atoms with Crippen molar-refractivity contribution in [3.63, 3.8) is 0 Å². The van der Waals surface area contributed by atoms with E-state index >= 15 is 0 Å². The molecule has 3 aliphatic rings. The van der Waals surface area contributed by atoms with E-state index in [1.165, 1.54) is 95.3 Å². The predicted octanol–water partition coefficient (Wildman–Crippen LogP) is 6.53. The first-order chi connectivity index (χ1) is 13.8. The van der Waals surface area contributed by atoms with E-state index in [9.17, 15) is 0 Å². The van der Waals surface area contributed by atoms with Gasteiger partial charge in [-0.1, -0.05) is 38.5 Å². The zero-order valence-corrected chi connectivity index (χ0v) is 19.6. The quantitative estimate of drug-likeness (QED) is 0.573. The Bertz CT molecular complexity index is 630. The maximum absolute atomic E-state index is 2.81. The summed E-state index contributed by atoms with van der Waals surface area (Å²) in [5, 5.41) is 0. The molecule has 162 valence electrons. The van der Waals surface area contributed by atoms with Gasteiger partial charge in [0.25, 0.3) is 0 Å². The molecule has 1 aliphatic carbocycles. The third-order valence-corrected chi connectivity index (χ3v) is 8.72. The smallest absolute Gasteiger partial charge is 0.0366 e. The monoisotopic (exact) mass is 396 g/mol. The summed E-state index contributed by atoms with van der Waals surface area (Å²) >= 11 is 0. The molecule has 3 fully saturated rings. The number of rotatable bonds is 3. The minimum absolute atomic E-state index is 0.510. The number of aryl methyl sites for hydroxylation is 1. The molecule has 2 aliphatic heterocycles. The van der Waals surface area contributed by atoms with Gasteiger partial charge in [-0.15, -0.1) is 0 Å². The summed E-state index contributed by atoms with van der Waals surface area (Å²) in [6.07, 6.45) is 11.6. The minimum atomic E-state index is 0.510. The van der Waals surface area contributed by atoms with E-state index in [1.807, 2.05) is 0 Å². The van der Waals surface area contributed by atoms with Crippen LogP contribution in [0.2, 0.25) is 0 Å². The summed E-state index contributed by atoms with van der Waals surface area (Å²) in [5.41, 5.74) is 3.99. The van der Waals surface area contributed by atoms with Gasteiger partial charge in [-0.05, 0) is 106 Å². The van der Waals surface area contributed by atoms with Crippen molar-refractivity contribution in [1.82, 2.24) is 4.90 Å². The molecule has 0 unspecified atom stereocenters. The molecule has 2 heterocycles. The van der Waals surface area contributed by atoms with Crippen LogP contribution >= 0.6 is 0 Å². The molecule has 29 heavy (non-hydrogen) atoms. The second-order valence-electron chi connectivity index (χ2n) is 11.7. The first kappa shape index (κ1) is 21.2. The summed E-state index contributed by atoms with van der Waals surface area (Å²) < 4.78 is 0. The number of likely N-dealkylation sites (tertiary alicyclic amines) is 1. The van der Waals surface area contributed by atoms with Crippen LogP contribution in [0.3, 0.4) is 0 Å². The summed E-state index contributed by atoms with van der Waals surface area (Å²) in [6.45, 7) is 16.1. The number of anilines is 1. The van der Waals surface area contributed by atoms with Gasteiger partial charge in [0.1, 0.15) is 0 Å². The fourth-order valence-electron chi connectivity index (χ4n) is 6.30. The van der Waals surface area contributed by atoms with Crippen LogP contribution in [0.4, 0.5) is 5.69 Å². The van der Waals surface area contributed by atoms with Crippen LogP contribution in [0.25, 0.3) is 0 Å². The third-order valence-electron chi connectivity index (χ3n) is 8.72. The van der Waals surface area contributed by atoms with Gasteiger partial charge in [0, 0.05) is 25.3 Å². The summed E-state index contributed by atoms with van der Waals surface area (Å²) in [5.74, 6) is 1.85. The van der Waals surface area contributed by atoms with Gasteiger partial charge in [0.15, 0.2) is 0 Å². The molecule has 1 saturated carbocycles. The normalized spacial score (nSPS) is 24.9. The van der Waals surface area contributed by atoms with E-state index in [0.717, 1.165) is 11.8 Å². The van der Waals surface area contributed by atoms with Crippen LogP contribution in [0, 0.1) is 29.6 Å². The summed E-state index contributed by atoms with van der Waals surface area (Å²) in [4.78, 5) is 5.40. The molecule has 0 bridgehead atoms. The molecule has 2 heteroatoms. The molecule has 2 saturated heterocycles. The van der Waals surface area contributed by atoms with Crippen LogP contribution < -0.4 is 4.90 Å². The first-order valence-electron chi connectivity index (χ1n) is 12.4. The molecular formula is C27H44N2. The second kappa shape index (κ2) is 8.61. The predicted molar refractivity (Wildman–Crippen MR) is 126 cm³/mol. The Labute approximate surface area is 180 Å². The maximum atomic E-state index is 2.81. The molecule has 0 aromatic heterocycles. The van der Waals surface area contributed by atoms with Gasteiger partial charge >= 0.3 is 0 Å².